The summed E-state index contributed by atoms with van der Waals surface area (Å²) in [5.74, 6) is 1.35. The lowest BCUT2D eigenvalue weighted by molar-refractivity contribution is -0.137. The number of aryl methyl sites for hydroxylation is 1. The van der Waals surface area contributed by atoms with Crippen LogP contribution in [-0.2, 0) is 17.6 Å². The SMILES string of the molecule is CNCC1CCN(C(=O)C2CCc3ccccc3C2)CC1. The summed E-state index contributed by atoms with van der Waals surface area (Å²) in [5, 5.41) is 3.25. The van der Waals surface area contributed by atoms with E-state index >= 15 is 0 Å². The average molecular weight is 286 g/mol. The van der Waals surface area contributed by atoms with Crippen LogP contribution in [-0.4, -0.2) is 37.5 Å². The maximum atomic E-state index is 12.7. The number of likely N-dealkylation sites (tertiary alicyclic amines) is 1. The third kappa shape index (κ3) is 3.29. The largest absolute Gasteiger partial charge is 0.342 e. The first kappa shape index (κ1) is 14.6. The molecule has 1 aromatic rings. The number of nitrogens with zero attached hydrogens (tertiary/aromatic N) is 1. The Bertz CT molecular complexity index is 492. The van der Waals surface area contributed by atoms with E-state index in [1.54, 1.807) is 0 Å². The zero-order valence-electron chi connectivity index (χ0n) is 13.0. The van der Waals surface area contributed by atoms with Gasteiger partial charge in [-0.3, -0.25) is 4.79 Å². The molecule has 1 N–H and O–H groups in total. The number of hydrogen-bond donors (Lipinski definition) is 1. The molecule has 3 nitrogen and oxygen atoms in total. The minimum absolute atomic E-state index is 0.209. The highest BCUT2D eigenvalue weighted by molar-refractivity contribution is 5.79. The molecule has 3 heteroatoms. The van der Waals surface area contributed by atoms with Crippen LogP contribution in [0.3, 0.4) is 0 Å². The minimum atomic E-state index is 0.209. The summed E-state index contributed by atoms with van der Waals surface area (Å²) in [4.78, 5) is 14.9. The van der Waals surface area contributed by atoms with Crippen molar-refractivity contribution in [3.05, 3.63) is 35.4 Å². The number of nitrogens with one attached hydrogen (secondary N) is 1. The van der Waals surface area contributed by atoms with Gasteiger partial charge in [0.2, 0.25) is 5.91 Å². The maximum absolute atomic E-state index is 12.7. The number of amides is 1. The fraction of sp³-hybridized carbons (Fsp3) is 0.611. The second-order valence-electron chi connectivity index (χ2n) is 6.53. The molecule has 1 saturated heterocycles. The molecule has 114 valence electrons. The van der Waals surface area contributed by atoms with E-state index in [2.05, 4.69) is 34.5 Å². The maximum Gasteiger partial charge on any atom is 0.226 e. The molecule has 0 saturated carbocycles. The number of carbonyl (C=O) groups is 1. The first-order chi connectivity index (χ1) is 10.3. The van der Waals surface area contributed by atoms with Crippen molar-refractivity contribution in [3.63, 3.8) is 0 Å². The molecular formula is C18H26N2O. The number of piperidine rings is 1. The van der Waals surface area contributed by atoms with Gasteiger partial charge in [0.15, 0.2) is 0 Å². The van der Waals surface area contributed by atoms with Gasteiger partial charge in [-0.1, -0.05) is 24.3 Å². The van der Waals surface area contributed by atoms with Crippen LogP contribution in [0.1, 0.15) is 30.4 Å². The van der Waals surface area contributed by atoms with Crippen LogP contribution >= 0.6 is 0 Å². The zero-order chi connectivity index (χ0) is 14.7. The van der Waals surface area contributed by atoms with Gasteiger partial charge in [0.1, 0.15) is 0 Å². The molecule has 1 fully saturated rings. The summed E-state index contributed by atoms with van der Waals surface area (Å²) >= 11 is 0. The van der Waals surface area contributed by atoms with Crippen LogP contribution in [0.2, 0.25) is 0 Å². The molecule has 1 heterocycles. The lowest BCUT2D eigenvalue weighted by Crippen LogP contribution is -2.44. The van der Waals surface area contributed by atoms with Gasteiger partial charge >= 0.3 is 0 Å². The molecule has 0 bridgehead atoms. The number of rotatable bonds is 3. The van der Waals surface area contributed by atoms with Crippen molar-refractivity contribution < 1.29 is 4.79 Å². The molecule has 21 heavy (non-hydrogen) atoms. The molecule has 1 amide bonds. The van der Waals surface area contributed by atoms with Crippen molar-refractivity contribution in [2.24, 2.45) is 11.8 Å². The molecule has 1 aromatic carbocycles. The van der Waals surface area contributed by atoms with E-state index in [0.29, 0.717) is 5.91 Å². The number of carbonyl (C=O) groups excluding carboxylic acids is 1. The minimum Gasteiger partial charge on any atom is -0.342 e. The van der Waals surface area contributed by atoms with Crippen molar-refractivity contribution in [3.8, 4) is 0 Å². The second-order valence-corrected chi connectivity index (χ2v) is 6.53. The summed E-state index contributed by atoms with van der Waals surface area (Å²) in [6.45, 7) is 2.98. The molecule has 3 rings (SSSR count). The molecular weight excluding hydrogens is 260 g/mol. The van der Waals surface area contributed by atoms with Crippen LogP contribution in [0.4, 0.5) is 0 Å². The Morgan fingerprint density at radius 2 is 1.90 bits per heavy atom. The molecule has 1 aliphatic heterocycles. The Balaban J connectivity index is 1.57. The van der Waals surface area contributed by atoms with Crippen LogP contribution in [0.15, 0.2) is 24.3 Å². The summed E-state index contributed by atoms with van der Waals surface area (Å²) in [6, 6.07) is 8.59. The Labute approximate surface area is 127 Å². The predicted molar refractivity (Wildman–Crippen MR) is 85.2 cm³/mol. The Morgan fingerprint density at radius 1 is 1.19 bits per heavy atom. The molecule has 1 atom stereocenters. The van der Waals surface area contributed by atoms with E-state index < -0.39 is 0 Å². The van der Waals surface area contributed by atoms with E-state index in [-0.39, 0.29) is 5.92 Å². The lowest BCUT2D eigenvalue weighted by atomic mass is 9.82. The highest BCUT2D eigenvalue weighted by Crippen LogP contribution is 2.28. The Kier molecular flexibility index (Phi) is 4.59. The smallest absolute Gasteiger partial charge is 0.226 e. The van der Waals surface area contributed by atoms with Crippen molar-refractivity contribution in [1.29, 1.82) is 0 Å². The Morgan fingerprint density at radius 3 is 2.62 bits per heavy atom. The topological polar surface area (TPSA) is 32.3 Å². The summed E-state index contributed by atoms with van der Waals surface area (Å²) in [7, 11) is 2.01. The fourth-order valence-electron chi connectivity index (χ4n) is 3.81. The normalized spacial score (nSPS) is 22.9. The second kappa shape index (κ2) is 6.61. The monoisotopic (exact) mass is 286 g/mol. The van der Waals surface area contributed by atoms with Gasteiger partial charge in [0.05, 0.1) is 0 Å². The average Bonchev–Trinajstić information content (AvgIpc) is 2.55. The molecule has 0 aromatic heterocycles. The van der Waals surface area contributed by atoms with Gasteiger partial charge in [-0.25, -0.2) is 0 Å². The van der Waals surface area contributed by atoms with Gasteiger partial charge in [-0.05, 0) is 62.7 Å². The van der Waals surface area contributed by atoms with Crippen LogP contribution in [0.25, 0.3) is 0 Å². The van der Waals surface area contributed by atoms with Crippen molar-refractivity contribution in [2.75, 3.05) is 26.7 Å². The van der Waals surface area contributed by atoms with E-state index in [0.717, 1.165) is 57.7 Å². The molecule has 2 aliphatic rings. The highest BCUT2D eigenvalue weighted by atomic mass is 16.2. The van der Waals surface area contributed by atoms with Gasteiger partial charge < -0.3 is 10.2 Å². The van der Waals surface area contributed by atoms with Gasteiger partial charge in [-0.15, -0.1) is 0 Å². The third-order valence-corrected chi connectivity index (χ3v) is 5.12. The lowest BCUT2D eigenvalue weighted by Gasteiger charge is -2.35. The summed E-state index contributed by atoms with van der Waals surface area (Å²) < 4.78 is 0. The van der Waals surface area contributed by atoms with Gasteiger partial charge in [0, 0.05) is 19.0 Å². The summed E-state index contributed by atoms with van der Waals surface area (Å²) in [6.07, 6.45) is 5.31. The first-order valence-corrected chi connectivity index (χ1v) is 8.28. The highest BCUT2D eigenvalue weighted by Gasteiger charge is 2.30. The Hall–Kier alpha value is -1.35. The van der Waals surface area contributed by atoms with Crippen LogP contribution in [0, 0.1) is 11.8 Å². The summed E-state index contributed by atoms with van der Waals surface area (Å²) in [5.41, 5.74) is 2.82. The quantitative estimate of drug-likeness (QED) is 0.924. The van der Waals surface area contributed by atoms with Gasteiger partial charge in [0.25, 0.3) is 0 Å². The fourth-order valence-corrected chi connectivity index (χ4v) is 3.81. The standard InChI is InChI=1S/C18H26N2O/c1-19-13-14-8-10-20(11-9-14)18(21)17-7-6-15-4-2-3-5-16(15)12-17/h2-5,14,17,19H,6-13H2,1H3. The van der Waals surface area contributed by atoms with Crippen LogP contribution < -0.4 is 5.32 Å². The van der Waals surface area contributed by atoms with E-state index in [9.17, 15) is 4.79 Å². The number of fused-ring (bicyclic) bond motifs is 1. The van der Waals surface area contributed by atoms with E-state index in [1.165, 1.54) is 11.1 Å². The van der Waals surface area contributed by atoms with Crippen molar-refractivity contribution >= 4 is 5.91 Å². The first-order valence-electron chi connectivity index (χ1n) is 8.28. The number of benzene rings is 1. The van der Waals surface area contributed by atoms with Crippen molar-refractivity contribution in [1.82, 2.24) is 10.2 Å². The zero-order valence-corrected chi connectivity index (χ0v) is 13.0. The third-order valence-electron chi connectivity index (χ3n) is 5.12. The predicted octanol–water partition coefficient (Wildman–Crippen LogP) is 2.25. The van der Waals surface area contributed by atoms with E-state index in [1.807, 2.05) is 7.05 Å². The van der Waals surface area contributed by atoms with Gasteiger partial charge in [-0.2, -0.15) is 0 Å². The molecule has 1 unspecified atom stereocenters. The molecule has 1 aliphatic carbocycles. The van der Waals surface area contributed by atoms with Crippen molar-refractivity contribution in [2.45, 2.75) is 32.1 Å². The van der Waals surface area contributed by atoms with E-state index in [4.69, 9.17) is 0 Å². The van der Waals surface area contributed by atoms with Crippen LogP contribution in [0.5, 0.6) is 0 Å². The molecule has 0 radical (unpaired) electrons. The number of hydrogen-bond acceptors (Lipinski definition) is 2. The molecule has 0 spiro atoms.